The second-order valence-corrected chi connectivity index (χ2v) is 6.22. The Hall–Kier alpha value is -2.67. The van der Waals surface area contributed by atoms with E-state index in [1.54, 1.807) is 12.5 Å². The molecule has 2 atom stereocenters. The van der Waals surface area contributed by atoms with Crippen molar-refractivity contribution in [3.8, 4) is 0 Å². The maximum Gasteiger partial charge on any atom is 0.224 e. The molecule has 0 spiro atoms. The number of rotatable bonds is 4. The van der Waals surface area contributed by atoms with Crippen molar-refractivity contribution >= 4 is 28.5 Å². The van der Waals surface area contributed by atoms with E-state index in [2.05, 4.69) is 30.6 Å². The van der Waals surface area contributed by atoms with Gasteiger partial charge in [0.2, 0.25) is 5.95 Å². The number of aromatic nitrogens is 4. The molecule has 0 amide bonds. The van der Waals surface area contributed by atoms with Gasteiger partial charge in [-0.1, -0.05) is 12.8 Å². The molecule has 5 N–H and O–H groups in total. The van der Waals surface area contributed by atoms with Crippen LogP contribution in [0, 0.1) is 0 Å². The van der Waals surface area contributed by atoms with E-state index in [-0.39, 0.29) is 12.1 Å². The summed E-state index contributed by atoms with van der Waals surface area (Å²) in [6.07, 6.45) is 7.97. The number of hydrogen-bond donors (Lipinski definition) is 4. The molecule has 7 nitrogen and oxygen atoms in total. The van der Waals surface area contributed by atoms with Crippen LogP contribution in [0.15, 0.2) is 36.8 Å². The Labute approximate surface area is 140 Å². The van der Waals surface area contributed by atoms with E-state index in [4.69, 9.17) is 5.73 Å². The highest BCUT2D eigenvalue weighted by molar-refractivity contribution is 5.79. The number of anilines is 3. The molecule has 2 aromatic heterocycles. The lowest BCUT2D eigenvalue weighted by molar-refractivity contribution is 0.402. The van der Waals surface area contributed by atoms with Crippen LogP contribution in [0.5, 0.6) is 0 Å². The van der Waals surface area contributed by atoms with Crippen LogP contribution < -0.4 is 16.4 Å². The Kier molecular flexibility index (Phi) is 4.00. The largest absolute Gasteiger partial charge is 0.350 e. The molecule has 1 fully saturated rings. The zero-order valence-electron chi connectivity index (χ0n) is 13.4. The highest BCUT2D eigenvalue weighted by Crippen LogP contribution is 2.22. The minimum atomic E-state index is 0.168. The molecule has 1 aliphatic rings. The van der Waals surface area contributed by atoms with Crippen LogP contribution in [0.3, 0.4) is 0 Å². The Morgan fingerprint density at radius 2 is 2.04 bits per heavy atom. The second kappa shape index (κ2) is 6.45. The van der Waals surface area contributed by atoms with Crippen LogP contribution in [-0.4, -0.2) is 32.0 Å². The van der Waals surface area contributed by atoms with Crippen molar-refractivity contribution in [1.82, 2.24) is 19.9 Å². The molecule has 0 radical (unpaired) electrons. The molecule has 0 bridgehead atoms. The summed E-state index contributed by atoms with van der Waals surface area (Å²) in [5.41, 5.74) is 9.07. The molecule has 7 heteroatoms. The summed E-state index contributed by atoms with van der Waals surface area (Å²) in [5.74, 6) is 1.36. The number of nitrogens with two attached hydrogens (primary N) is 1. The third-order valence-electron chi connectivity index (χ3n) is 4.48. The van der Waals surface area contributed by atoms with Crippen molar-refractivity contribution in [2.75, 3.05) is 10.6 Å². The minimum Gasteiger partial charge on any atom is -0.350 e. The zero-order chi connectivity index (χ0) is 16.4. The molecule has 24 heavy (non-hydrogen) atoms. The quantitative estimate of drug-likeness (QED) is 0.588. The van der Waals surface area contributed by atoms with Crippen LogP contribution in [0.4, 0.5) is 17.5 Å². The summed E-state index contributed by atoms with van der Waals surface area (Å²) in [6.45, 7) is 0. The molecule has 0 aliphatic heterocycles. The van der Waals surface area contributed by atoms with Crippen molar-refractivity contribution in [2.45, 2.75) is 37.8 Å². The van der Waals surface area contributed by atoms with Crippen molar-refractivity contribution < 1.29 is 0 Å². The lowest BCUT2D eigenvalue weighted by Crippen LogP contribution is -2.42. The molecular weight excluding hydrogens is 302 g/mol. The first-order chi connectivity index (χ1) is 11.8. The number of fused-ring (bicyclic) bond motifs is 1. The monoisotopic (exact) mass is 323 g/mol. The Morgan fingerprint density at radius 3 is 2.96 bits per heavy atom. The van der Waals surface area contributed by atoms with E-state index in [0.29, 0.717) is 5.95 Å². The van der Waals surface area contributed by atoms with Gasteiger partial charge in [0.15, 0.2) is 0 Å². The molecule has 124 valence electrons. The van der Waals surface area contributed by atoms with E-state index < -0.39 is 0 Å². The van der Waals surface area contributed by atoms with Crippen molar-refractivity contribution in [2.24, 2.45) is 5.73 Å². The molecule has 1 aliphatic carbocycles. The van der Waals surface area contributed by atoms with Gasteiger partial charge in [0.1, 0.15) is 5.82 Å². The third-order valence-corrected chi connectivity index (χ3v) is 4.48. The minimum absolute atomic E-state index is 0.168. The molecule has 1 aromatic carbocycles. The van der Waals surface area contributed by atoms with Gasteiger partial charge in [-0.05, 0) is 37.1 Å². The predicted molar refractivity (Wildman–Crippen MR) is 95.3 cm³/mol. The van der Waals surface area contributed by atoms with Gasteiger partial charge in [-0.25, -0.2) is 9.97 Å². The van der Waals surface area contributed by atoms with Crippen molar-refractivity contribution in [3.63, 3.8) is 0 Å². The van der Waals surface area contributed by atoms with Gasteiger partial charge in [0.05, 0.1) is 17.4 Å². The van der Waals surface area contributed by atoms with Crippen molar-refractivity contribution in [1.29, 1.82) is 0 Å². The van der Waals surface area contributed by atoms with E-state index in [0.717, 1.165) is 35.4 Å². The molecular formula is C17H21N7. The SMILES string of the molecule is N[C@H]1CCCC[C@H]1Nc1nccc(Nc2ccc3nc[nH]c3c2)n1. The maximum atomic E-state index is 6.19. The number of imidazole rings is 1. The molecule has 3 aromatic rings. The first-order valence-electron chi connectivity index (χ1n) is 8.33. The lowest BCUT2D eigenvalue weighted by Gasteiger charge is -2.29. The van der Waals surface area contributed by atoms with Gasteiger partial charge in [0.25, 0.3) is 0 Å². The summed E-state index contributed by atoms with van der Waals surface area (Å²) < 4.78 is 0. The summed E-state index contributed by atoms with van der Waals surface area (Å²) in [4.78, 5) is 16.2. The van der Waals surface area contributed by atoms with E-state index in [1.807, 2.05) is 24.3 Å². The normalized spacial score (nSPS) is 20.9. The first-order valence-corrected chi connectivity index (χ1v) is 8.33. The smallest absolute Gasteiger partial charge is 0.224 e. The average molecular weight is 323 g/mol. The molecule has 0 saturated heterocycles. The van der Waals surface area contributed by atoms with Crippen molar-refractivity contribution in [3.05, 3.63) is 36.8 Å². The topological polar surface area (TPSA) is 105 Å². The van der Waals surface area contributed by atoms with Crippen LogP contribution in [0.2, 0.25) is 0 Å². The number of benzene rings is 1. The fraction of sp³-hybridized carbons (Fsp3) is 0.353. The van der Waals surface area contributed by atoms with Gasteiger partial charge in [-0.3, -0.25) is 0 Å². The predicted octanol–water partition coefficient (Wildman–Crippen LogP) is 2.78. The number of nitrogens with one attached hydrogen (secondary N) is 3. The first kappa shape index (κ1) is 14.9. The summed E-state index contributed by atoms with van der Waals surface area (Å²) in [5, 5.41) is 6.68. The van der Waals surface area contributed by atoms with E-state index in [1.165, 1.54) is 12.8 Å². The van der Waals surface area contributed by atoms with E-state index in [9.17, 15) is 0 Å². The fourth-order valence-electron chi connectivity index (χ4n) is 3.16. The summed E-state index contributed by atoms with van der Waals surface area (Å²) in [6, 6.07) is 8.22. The standard InChI is InChI=1S/C17H21N7/c18-12-3-1-2-4-13(12)23-17-19-8-7-16(24-17)22-11-5-6-14-15(9-11)21-10-20-14/h5-10,12-13H,1-4,18H2,(H,20,21)(H2,19,22,23,24)/t12-,13+/m0/s1. The number of H-pyrrole nitrogens is 1. The van der Waals surface area contributed by atoms with E-state index >= 15 is 0 Å². The fourth-order valence-corrected chi connectivity index (χ4v) is 3.16. The highest BCUT2D eigenvalue weighted by atomic mass is 15.2. The molecule has 2 heterocycles. The van der Waals surface area contributed by atoms with Gasteiger partial charge in [-0.2, -0.15) is 4.98 Å². The van der Waals surface area contributed by atoms with Gasteiger partial charge >= 0.3 is 0 Å². The number of aromatic amines is 1. The lowest BCUT2D eigenvalue weighted by atomic mass is 9.91. The van der Waals surface area contributed by atoms with Gasteiger partial charge in [0, 0.05) is 24.0 Å². The molecule has 1 saturated carbocycles. The van der Waals surface area contributed by atoms with Crippen LogP contribution in [0.25, 0.3) is 11.0 Å². The second-order valence-electron chi connectivity index (χ2n) is 6.22. The van der Waals surface area contributed by atoms with Crippen LogP contribution in [0.1, 0.15) is 25.7 Å². The summed E-state index contributed by atoms with van der Waals surface area (Å²) in [7, 11) is 0. The highest BCUT2D eigenvalue weighted by Gasteiger charge is 2.22. The Balaban J connectivity index is 1.49. The maximum absolute atomic E-state index is 6.19. The number of nitrogens with zero attached hydrogens (tertiary/aromatic N) is 3. The Morgan fingerprint density at radius 1 is 1.12 bits per heavy atom. The van der Waals surface area contributed by atoms with Crippen LogP contribution >= 0.6 is 0 Å². The van der Waals surface area contributed by atoms with Gasteiger partial charge in [-0.15, -0.1) is 0 Å². The number of hydrogen-bond acceptors (Lipinski definition) is 6. The average Bonchev–Trinajstić information content (AvgIpc) is 3.05. The molecule has 4 rings (SSSR count). The summed E-state index contributed by atoms with van der Waals surface area (Å²) >= 11 is 0. The molecule has 0 unspecified atom stereocenters. The van der Waals surface area contributed by atoms with Crippen LogP contribution in [-0.2, 0) is 0 Å². The third kappa shape index (κ3) is 3.16. The Bertz CT molecular complexity index is 828. The van der Waals surface area contributed by atoms with Gasteiger partial charge < -0.3 is 21.4 Å². The zero-order valence-corrected chi connectivity index (χ0v) is 13.4.